The summed E-state index contributed by atoms with van der Waals surface area (Å²) >= 11 is 1.39. The van der Waals surface area contributed by atoms with Gasteiger partial charge in [-0.1, -0.05) is 38.5 Å². The van der Waals surface area contributed by atoms with Gasteiger partial charge in [-0.3, -0.25) is 14.2 Å². The fourth-order valence-electron chi connectivity index (χ4n) is 4.65. The molecule has 9 heteroatoms. The Hall–Kier alpha value is -2.94. The van der Waals surface area contributed by atoms with Crippen molar-refractivity contribution in [3.05, 3.63) is 51.3 Å². The van der Waals surface area contributed by atoms with Crippen LogP contribution < -0.4 is 11.1 Å². The molecule has 0 amide bonds. The number of nitrogens with zero attached hydrogens (tertiary/aromatic N) is 5. The van der Waals surface area contributed by atoms with Crippen molar-refractivity contribution in [2.75, 3.05) is 6.26 Å². The summed E-state index contributed by atoms with van der Waals surface area (Å²) in [7, 11) is 0. The lowest BCUT2D eigenvalue weighted by Gasteiger charge is -2.35. The minimum absolute atomic E-state index is 0.0861. The number of H-pyrrole nitrogens is 1. The minimum Gasteiger partial charge on any atom is -0.312 e. The number of hydrogen-bond donors (Lipinski definition) is 1. The van der Waals surface area contributed by atoms with Crippen LogP contribution in [0.3, 0.4) is 0 Å². The first-order valence-corrected chi connectivity index (χ1v) is 11.7. The van der Waals surface area contributed by atoms with E-state index in [1.165, 1.54) is 22.7 Å². The zero-order valence-electron chi connectivity index (χ0n) is 17.7. The summed E-state index contributed by atoms with van der Waals surface area (Å²) in [6.45, 7) is 4.48. The van der Waals surface area contributed by atoms with Crippen molar-refractivity contribution < 1.29 is 0 Å². The highest BCUT2D eigenvalue weighted by molar-refractivity contribution is 7.98. The van der Waals surface area contributed by atoms with Crippen LogP contribution in [0.1, 0.15) is 39.2 Å². The molecule has 1 fully saturated rings. The lowest BCUT2D eigenvalue weighted by atomic mass is 9.78. The number of nitrogens with one attached hydrogen (secondary N) is 1. The summed E-state index contributed by atoms with van der Waals surface area (Å²) in [5.74, 6) is 1.34. The fraction of sp³-hybridized carbons (Fsp3) is 0.409. The van der Waals surface area contributed by atoms with Gasteiger partial charge in [0.2, 0.25) is 11.1 Å². The third kappa shape index (κ3) is 3.27. The van der Waals surface area contributed by atoms with Gasteiger partial charge in [-0.25, -0.2) is 10.1 Å². The third-order valence-corrected chi connectivity index (χ3v) is 7.20. The fourth-order valence-corrected chi connectivity index (χ4v) is 4.97. The molecule has 1 aliphatic rings. The van der Waals surface area contributed by atoms with E-state index in [1.54, 1.807) is 18.3 Å². The molecule has 0 bridgehead atoms. The number of hydrogen-bond acceptors (Lipinski definition) is 6. The normalized spacial score (nSPS) is 21.7. The van der Waals surface area contributed by atoms with Gasteiger partial charge in [0.1, 0.15) is 0 Å². The average Bonchev–Trinajstić information content (AvgIpc) is 3.25. The van der Waals surface area contributed by atoms with E-state index in [0.29, 0.717) is 44.7 Å². The van der Waals surface area contributed by atoms with E-state index in [9.17, 15) is 9.59 Å². The van der Waals surface area contributed by atoms with Crippen molar-refractivity contribution in [1.29, 1.82) is 0 Å². The highest BCUT2D eigenvalue weighted by Gasteiger charge is 2.29. The SMILES string of the molecule is CSc1n[nH]c(-n2ccc3nc4ccn([C@@H]5CCC[C@H](C)[C@H]5C)c(=O)c4cc3c2=O)n1. The van der Waals surface area contributed by atoms with Crippen molar-refractivity contribution in [3.63, 3.8) is 0 Å². The van der Waals surface area contributed by atoms with E-state index in [2.05, 4.69) is 34.0 Å². The standard InChI is InChI=1S/C22H24N6O2S/c1-12-5-4-6-18(13(12)2)27-9-7-16-14(19(27)29)11-15-17(23-16)8-10-28(20(15)30)21-24-22(31-3)26-25-21/h7-13,18H,4-6H2,1-3H3,(H,24,25,26)/t12-,13+,18+/m0/s1. The van der Waals surface area contributed by atoms with Crippen LogP contribution in [0, 0.1) is 11.8 Å². The van der Waals surface area contributed by atoms with Gasteiger partial charge < -0.3 is 4.57 Å². The van der Waals surface area contributed by atoms with Crippen LogP contribution in [-0.4, -0.2) is 35.6 Å². The molecule has 0 saturated heterocycles. The molecule has 5 rings (SSSR count). The lowest BCUT2D eigenvalue weighted by molar-refractivity contribution is 0.183. The van der Waals surface area contributed by atoms with Crippen molar-refractivity contribution in [2.45, 2.75) is 44.3 Å². The molecular weight excluding hydrogens is 412 g/mol. The topological polar surface area (TPSA) is 98.5 Å². The first-order valence-electron chi connectivity index (χ1n) is 10.5. The van der Waals surface area contributed by atoms with E-state index in [-0.39, 0.29) is 17.2 Å². The molecular formula is C22H24N6O2S. The van der Waals surface area contributed by atoms with E-state index in [0.717, 1.165) is 12.8 Å². The zero-order valence-corrected chi connectivity index (χ0v) is 18.5. The molecule has 0 aliphatic heterocycles. The summed E-state index contributed by atoms with van der Waals surface area (Å²) in [5, 5.41) is 8.26. The molecule has 0 aromatic carbocycles. The van der Waals surface area contributed by atoms with Gasteiger partial charge in [-0.05, 0) is 42.7 Å². The van der Waals surface area contributed by atoms with Crippen LogP contribution in [0.5, 0.6) is 0 Å². The Bertz CT molecular complexity index is 1400. The molecule has 4 aromatic rings. The summed E-state index contributed by atoms with van der Waals surface area (Å²) in [5.41, 5.74) is 0.782. The monoisotopic (exact) mass is 436 g/mol. The highest BCUT2D eigenvalue weighted by atomic mass is 32.2. The van der Waals surface area contributed by atoms with Crippen LogP contribution in [-0.2, 0) is 0 Å². The van der Waals surface area contributed by atoms with Gasteiger partial charge in [0.25, 0.3) is 11.1 Å². The van der Waals surface area contributed by atoms with E-state index in [4.69, 9.17) is 0 Å². The van der Waals surface area contributed by atoms with Gasteiger partial charge in [0.15, 0.2) is 0 Å². The molecule has 4 aromatic heterocycles. The molecule has 1 aliphatic carbocycles. The molecule has 160 valence electrons. The predicted octanol–water partition coefficient (Wildman–Crippen LogP) is 3.54. The minimum atomic E-state index is -0.287. The number of fused-ring (bicyclic) bond motifs is 2. The summed E-state index contributed by atoms with van der Waals surface area (Å²) in [6.07, 6.45) is 8.67. The second kappa shape index (κ2) is 7.64. The van der Waals surface area contributed by atoms with Gasteiger partial charge in [-0.15, -0.1) is 5.10 Å². The van der Waals surface area contributed by atoms with E-state index in [1.807, 2.05) is 23.1 Å². The number of aromatic amines is 1. The van der Waals surface area contributed by atoms with E-state index < -0.39 is 0 Å². The second-order valence-corrected chi connectivity index (χ2v) is 9.13. The van der Waals surface area contributed by atoms with Crippen molar-refractivity contribution in [1.82, 2.24) is 29.3 Å². The number of rotatable bonds is 3. The molecule has 0 spiro atoms. The number of aromatic nitrogens is 6. The van der Waals surface area contributed by atoms with Crippen molar-refractivity contribution in [2.24, 2.45) is 11.8 Å². The van der Waals surface area contributed by atoms with Crippen LogP contribution in [0.15, 0.2) is 45.3 Å². The van der Waals surface area contributed by atoms with Crippen LogP contribution in [0.25, 0.3) is 27.8 Å². The summed E-state index contributed by atoms with van der Waals surface area (Å²) in [4.78, 5) is 35.5. The van der Waals surface area contributed by atoms with Gasteiger partial charge >= 0.3 is 0 Å². The molecule has 0 unspecified atom stereocenters. The Balaban J connectivity index is 1.68. The average molecular weight is 437 g/mol. The molecule has 1 saturated carbocycles. The predicted molar refractivity (Wildman–Crippen MR) is 122 cm³/mol. The first kappa shape index (κ1) is 20.0. The maximum absolute atomic E-state index is 13.4. The maximum Gasteiger partial charge on any atom is 0.266 e. The highest BCUT2D eigenvalue weighted by Crippen LogP contribution is 2.37. The third-order valence-electron chi connectivity index (χ3n) is 6.66. The first-order chi connectivity index (χ1) is 15.0. The second-order valence-electron chi connectivity index (χ2n) is 8.35. The molecule has 4 heterocycles. The molecule has 3 atom stereocenters. The molecule has 0 radical (unpaired) electrons. The Morgan fingerprint density at radius 1 is 1.03 bits per heavy atom. The maximum atomic E-state index is 13.4. The van der Waals surface area contributed by atoms with Gasteiger partial charge in [-0.2, -0.15) is 4.98 Å². The smallest absolute Gasteiger partial charge is 0.266 e. The largest absolute Gasteiger partial charge is 0.312 e. The van der Waals surface area contributed by atoms with Crippen molar-refractivity contribution >= 4 is 33.6 Å². The quantitative estimate of drug-likeness (QED) is 0.390. The van der Waals surface area contributed by atoms with Gasteiger partial charge in [0, 0.05) is 18.4 Å². The number of pyridine rings is 3. The van der Waals surface area contributed by atoms with E-state index >= 15 is 0 Å². The molecule has 1 N–H and O–H groups in total. The molecule has 8 nitrogen and oxygen atoms in total. The Morgan fingerprint density at radius 2 is 1.77 bits per heavy atom. The van der Waals surface area contributed by atoms with Crippen LogP contribution >= 0.6 is 11.8 Å². The van der Waals surface area contributed by atoms with Crippen LogP contribution in [0.4, 0.5) is 0 Å². The van der Waals surface area contributed by atoms with Gasteiger partial charge in [0.05, 0.1) is 21.8 Å². The Labute approximate surface area is 182 Å². The Kier molecular flexibility index (Phi) is 4.92. The molecule has 31 heavy (non-hydrogen) atoms. The zero-order chi connectivity index (χ0) is 21.7. The lowest BCUT2D eigenvalue weighted by Crippen LogP contribution is -2.33. The van der Waals surface area contributed by atoms with Crippen LogP contribution in [0.2, 0.25) is 0 Å². The summed E-state index contributed by atoms with van der Waals surface area (Å²) < 4.78 is 3.24. The number of thioether (sulfide) groups is 1. The Morgan fingerprint density at radius 3 is 2.52 bits per heavy atom. The summed E-state index contributed by atoms with van der Waals surface area (Å²) in [6, 6.07) is 5.49. The van der Waals surface area contributed by atoms with Crippen molar-refractivity contribution in [3.8, 4) is 5.95 Å².